The van der Waals surface area contributed by atoms with Crippen LogP contribution in [0.25, 0.3) is 0 Å². The molecule has 0 aliphatic rings. The zero-order chi connectivity index (χ0) is 13.0. The minimum atomic E-state index is -0.210. The Labute approximate surface area is 106 Å². The Kier molecular flexibility index (Phi) is 3.99. The highest BCUT2D eigenvalue weighted by Crippen LogP contribution is 2.11. The van der Waals surface area contributed by atoms with E-state index >= 15 is 0 Å². The molecule has 0 saturated heterocycles. The van der Waals surface area contributed by atoms with Crippen LogP contribution in [0.5, 0.6) is 0 Å². The molecule has 1 N–H and O–H groups in total. The molecule has 1 aromatic carbocycles. The molecule has 0 bridgehead atoms. The molecule has 1 heterocycles. The van der Waals surface area contributed by atoms with Gasteiger partial charge in [0.15, 0.2) is 0 Å². The minimum absolute atomic E-state index is 0.210. The highest BCUT2D eigenvalue weighted by Gasteiger charge is 2.06. The van der Waals surface area contributed by atoms with Crippen molar-refractivity contribution in [2.45, 2.75) is 19.9 Å². The molecule has 1 aromatic heterocycles. The summed E-state index contributed by atoms with van der Waals surface area (Å²) < 4.78 is 13.6. The van der Waals surface area contributed by atoms with E-state index in [1.54, 1.807) is 12.1 Å². The summed E-state index contributed by atoms with van der Waals surface area (Å²) in [7, 11) is 1.87. The van der Waals surface area contributed by atoms with Crippen LogP contribution in [0, 0.1) is 12.7 Å². The van der Waals surface area contributed by atoms with Crippen molar-refractivity contribution in [3.63, 3.8) is 0 Å². The van der Waals surface area contributed by atoms with E-state index in [1.165, 1.54) is 6.07 Å². The maximum Gasteiger partial charge on any atom is 0.133 e. The molecular formula is C14H16FN3. The largest absolute Gasteiger partial charge is 0.314 e. The summed E-state index contributed by atoms with van der Waals surface area (Å²) in [6, 6.07) is 8.66. The van der Waals surface area contributed by atoms with Gasteiger partial charge in [0.25, 0.3) is 0 Å². The molecule has 0 aliphatic carbocycles. The first-order valence-corrected chi connectivity index (χ1v) is 5.90. The molecule has 2 rings (SSSR count). The van der Waals surface area contributed by atoms with E-state index < -0.39 is 0 Å². The topological polar surface area (TPSA) is 37.8 Å². The van der Waals surface area contributed by atoms with Crippen LogP contribution in [-0.4, -0.2) is 17.0 Å². The number of hydrogen-bond donors (Lipinski definition) is 1. The van der Waals surface area contributed by atoms with Crippen molar-refractivity contribution in [3.05, 3.63) is 58.9 Å². The maximum absolute atomic E-state index is 13.6. The van der Waals surface area contributed by atoms with Gasteiger partial charge in [-0.2, -0.15) is 0 Å². The van der Waals surface area contributed by atoms with Crippen LogP contribution in [0.2, 0.25) is 0 Å². The molecule has 0 unspecified atom stereocenters. The summed E-state index contributed by atoms with van der Waals surface area (Å²) in [6.45, 7) is 2.61. The molecule has 18 heavy (non-hydrogen) atoms. The number of nitrogens with zero attached hydrogens (tertiary/aromatic N) is 2. The van der Waals surface area contributed by atoms with Gasteiger partial charge in [0.2, 0.25) is 0 Å². The van der Waals surface area contributed by atoms with Crippen LogP contribution in [0.1, 0.15) is 22.8 Å². The molecule has 94 valence electrons. The average Bonchev–Trinajstić information content (AvgIpc) is 2.32. The monoisotopic (exact) mass is 245 g/mol. The lowest BCUT2D eigenvalue weighted by Crippen LogP contribution is -2.10. The molecule has 0 spiro atoms. The number of aryl methyl sites for hydroxylation is 1. The van der Waals surface area contributed by atoms with E-state index in [2.05, 4.69) is 15.3 Å². The van der Waals surface area contributed by atoms with Gasteiger partial charge in [0, 0.05) is 18.7 Å². The molecule has 3 nitrogen and oxygen atoms in total. The first kappa shape index (κ1) is 12.6. The lowest BCUT2D eigenvalue weighted by Gasteiger charge is -2.06. The zero-order valence-electron chi connectivity index (χ0n) is 10.6. The second kappa shape index (κ2) is 5.69. The van der Waals surface area contributed by atoms with Crippen LogP contribution in [0.4, 0.5) is 4.39 Å². The van der Waals surface area contributed by atoms with Crippen molar-refractivity contribution in [3.8, 4) is 0 Å². The van der Waals surface area contributed by atoms with Gasteiger partial charge in [0.05, 0.1) is 5.69 Å². The molecule has 0 atom stereocenters. The number of nitrogens with one attached hydrogen (secondary N) is 1. The van der Waals surface area contributed by atoms with E-state index in [0.717, 1.165) is 11.4 Å². The fraction of sp³-hybridized carbons (Fsp3) is 0.286. The van der Waals surface area contributed by atoms with E-state index in [4.69, 9.17) is 0 Å². The summed E-state index contributed by atoms with van der Waals surface area (Å²) in [6.07, 6.45) is 0.422. The third-order valence-electron chi connectivity index (χ3n) is 2.62. The molecule has 2 aromatic rings. The summed E-state index contributed by atoms with van der Waals surface area (Å²) in [5.74, 6) is 0.447. The number of hydrogen-bond acceptors (Lipinski definition) is 3. The Morgan fingerprint density at radius 3 is 2.72 bits per heavy atom. The fourth-order valence-corrected chi connectivity index (χ4v) is 1.86. The number of halogens is 1. The molecule has 0 radical (unpaired) electrons. The highest BCUT2D eigenvalue weighted by molar-refractivity contribution is 5.22. The van der Waals surface area contributed by atoms with Crippen LogP contribution in [0.3, 0.4) is 0 Å². The van der Waals surface area contributed by atoms with Crippen molar-refractivity contribution in [1.82, 2.24) is 15.3 Å². The molecule has 0 aliphatic heterocycles. The van der Waals surface area contributed by atoms with E-state index in [-0.39, 0.29) is 5.82 Å². The Hall–Kier alpha value is -1.81. The highest BCUT2D eigenvalue weighted by atomic mass is 19.1. The second-order valence-corrected chi connectivity index (χ2v) is 4.22. The Bertz CT molecular complexity index is 540. The van der Waals surface area contributed by atoms with Gasteiger partial charge >= 0.3 is 0 Å². The van der Waals surface area contributed by atoms with Gasteiger partial charge in [-0.25, -0.2) is 14.4 Å². The van der Waals surface area contributed by atoms with Crippen LogP contribution >= 0.6 is 0 Å². The SMILES string of the molecule is CNCc1cc(C)nc(Cc2ccccc2F)n1. The van der Waals surface area contributed by atoms with Gasteiger partial charge in [0.1, 0.15) is 11.6 Å². The Morgan fingerprint density at radius 1 is 1.22 bits per heavy atom. The number of benzene rings is 1. The predicted octanol–water partition coefficient (Wildman–Crippen LogP) is 2.23. The van der Waals surface area contributed by atoms with Crippen molar-refractivity contribution in [2.75, 3.05) is 7.05 Å². The Morgan fingerprint density at radius 2 is 2.00 bits per heavy atom. The standard InChI is InChI=1S/C14H16FN3/c1-10-7-12(9-16-2)18-14(17-10)8-11-5-3-4-6-13(11)15/h3-7,16H,8-9H2,1-2H3. The predicted molar refractivity (Wildman–Crippen MR) is 68.7 cm³/mol. The van der Waals surface area contributed by atoms with Crippen molar-refractivity contribution in [2.24, 2.45) is 0 Å². The lowest BCUT2D eigenvalue weighted by atomic mass is 10.1. The second-order valence-electron chi connectivity index (χ2n) is 4.22. The number of rotatable bonds is 4. The van der Waals surface area contributed by atoms with E-state index in [1.807, 2.05) is 26.1 Å². The lowest BCUT2D eigenvalue weighted by molar-refractivity contribution is 0.611. The van der Waals surface area contributed by atoms with Crippen LogP contribution < -0.4 is 5.32 Å². The summed E-state index contributed by atoms with van der Waals surface area (Å²) >= 11 is 0. The summed E-state index contributed by atoms with van der Waals surface area (Å²) in [5, 5.41) is 3.05. The van der Waals surface area contributed by atoms with Crippen molar-refractivity contribution < 1.29 is 4.39 Å². The van der Waals surface area contributed by atoms with Gasteiger partial charge in [-0.05, 0) is 31.7 Å². The first-order valence-electron chi connectivity index (χ1n) is 5.90. The third kappa shape index (κ3) is 3.11. The average molecular weight is 245 g/mol. The van der Waals surface area contributed by atoms with Gasteiger partial charge in [-0.15, -0.1) is 0 Å². The molecule has 0 amide bonds. The molecule has 4 heteroatoms. The van der Waals surface area contributed by atoms with Crippen LogP contribution in [0.15, 0.2) is 30.3 Å². The van der Waals surface area contributed by atoms with E-state index in [0.29, 0.717) is 24.4 Å². The maximum atomic E-state index is 13.6. The Balaban J connectivity index is 2.26. The van der Waals surface area contributed by atoms with Crippen LogP contribution in [-0.2, 0) is 13.0 Å². The summed E-state index contributed by atoms with van der Waals surface area (Å²) in [5.41, 5.74) is 2.46. The van der Waals surface area contributed by atoms with E-state index in [9.17, 15) is 4.39 Å². The molecule has 0 saturated carbocycles. The normalized spacial score (nSPS) is 10.6. The fourth-order valence-electron chi connectivity index (χ4n) is 1.86. The van der Waals surface area contributed by atoms with Gasteiger partial charge < -0.3 is 5.32 Å². The molecular weight excluding hydrogens is 229 g/mol. The summed E-state index contributed by atoms with van der Waals surface area (Å²) in [4.78, 5) is 8.77. The first-order chi connectivity index (χ1) is 8.69. The molecule has 0 fully saturated rings. The van der Waals surface area contributed by atoms with Gasteiger partial charge in [-0.1, -0.05) is 18.2 Å². The van der Waals surface area contributed by atoms with Crippen molar-refractivity contribution >= 4 is 0 Å². The zero-order valence-corrected chi connectivity index (χ0v) is 10.6. The quantitative estimate of drug-likeness (QED) is 0.897. The minimum Gasteiger partial charge on any atom is -0.314 e. The van der Waals surface area contributed by atoms with Gasteiger partial charge in [-0.3, -0.25) is 0 Å². The van der Waals surface area contributed by atoms with Crippen molar-refractivity contribution in [1.29, 1.82) is 0 Å². The smallest absolute Gasteiger partial charge is 0.133 e. The third-order valence-corrected chi connectivity index (χ3v) is 2.62. The number of aromatic nitrogens is 2.